The summed E-state index contributed by atoms with van der Waals surface area (Å²) in [6.07, 6.45) is 1.20. The molecule has 1 saturated heterocycles. The van der Waals surface area contributed by atoms with Gasteiger partial charge in [0.1, 0.15) is 11.5 Å². The maximum Gasteiger partial charge on any atom is 0.133 e. The van der Waals surface area contributed by atoms with Crippen LogP contribution < -0.4 is 14.8 Å². The van der Waals surface area contributed by atoms with Crippen molar-refractivity contribution in [3.63, 3.8) is 0 Å². The van der Waals surface area contributed by atoms with Crippen LogP contribution in [0.15, 0.2) is 22.7 Å². The SMILES string of the molecule is COc1ccc(OCC2CCNC2)c(Br)c1. The van der Waals surface area contributed by atoms with Gasteiger partial charge in [0.25, 0.3) is 0 Å². The highest BCUT2D eigenvalue weighted by molar-refractivity contribution is 9.10. The third-order valence-corrected chi connectivity index (χ3v) is 3.40. The maximum absolute atomic E-state index is 5.78. The molecule has 0 aromatic heterocycles. The summed E-state index contributed by atoms with van der Waals surface area (Å²) >= 11 is 3.48. The van der Waals surface area contributed by atoms with Crippen LogP contribution in [0.25, 0.3) is 0 Å². The fraction of sp³-hybridized carbons (Fsp3) is 0.500. The van der Waals surface area contributed by atoms with Gasteiger partial charge in [-0.15, -0.1) is 0 Å². The Bertz CT molecular complexity index is 351. The van der Waals surface area contributed by atoms with Crippen LogP contribution in [-0.4, -0.2) is 26.8 Å². The Balaban J connectivity index is 1.93. The third-order valence-electron chi connectivity index (χ3n) is 2.78. The molecule has 88 valence electrons. The number of hydrogen-bond acceptors (Lipinski definition) is 3. The summed E-state index contributed by atoms with van der Waals surface area (Å²) in [6, 6.07) is 5.76. The zero-order chi connectivity index (χ0) is 11.4. The zero-order valence-electron chi connectivity index (χ0n) is 9.33. The Morgan fingerprint density at radius 2 is 2.38 bits per heavy atom. The van der Waals surface area contributed by atoms with Crippen LogP contribution in [0.1, 0.15) is 6.42 Å². The molecule has 0 bridgehead atoms. The summed E-state index contributed by atoms with van der Waals surface area (Å²) in [5.74, 6) is 2.35. The molecule has 3 nitrogen and oxygen atoms in total. The van der Waals surface area contributed by atoms with Crippen molar-refractivity contribution >= 4 is 15.9 Å². The molecule has 4 heteroatoms. The standard InChI is InChI=1S/C12H16BrNO2/c1-15-10-2-3-12(11(13)6-10)16-8-9-4-5-14-7-9/h2-3,6,9,14H,4-5,7-8H2,1H3. The van der Waals surface area contributed by atoms with Gasteiger partial charge >= 0.3 is 0 Å². The van der Waals surface area contributed by atoms with Gasteiger partial charge in [0.2, 0.25) is 0 Å². The largest absolute Gasteiger partial charge is 0.497 e. The Labute approximate surface area is 104 Å². The second-order valence-corrected chi connectivity index (χ2v) is 4.82. The molecular formula is C12H16BrNO2. The molecule has 1 fully saturated rings. The van der Waals surface area contributed by atoms with E-state index in [1.807, 2.05) is 18.2 Å². The molecule has 0 saturated carbocycles. The molecule has 0 aliphatic carbocycles. The Morgan fingerprint density at radius 3 is 3.00 bits per heavy atom. The van der Waals surface area contributed by atoms with Crippen molar-refractivity contribution in [3.8, 4) is 11.5 Å². The minimum absolute atomic E-state index is 0.633. The number of methoxy groups -OCH3 is 1. The van der Waals surface area contributed by atoms with E-state index in [2.05, 4.69) is 21.2 Å². The van der Waals surface area contributed by atoms with E-state index < -0.39 is 0 Å². The summed E-state index contributed by atoms with van der Waals surface area (Å²) in [5, 5.41) is 3.33. The third kappa shape index (κ3) is 2.89. The highest BCUT2D eigenvalue weighted by Crippen LogP contribution is 2.29. The van der Waals surface area contributed by atoms with Crippen molar-refractivity contribution in [1.29, 1.82) is 0 Å². The molecule has 1 aliphatic rings. The minimum Gasteiger partial charge on any atom is -0.497 e. The average Bonchev–Trinajstić information content (AvgIpc) is 2.80. The summed E-state index contributed by atoms with van der Waals surface area (Å²) in [6.45, 7) is 2.95. The fourth-order valence-corrected chi connectivity index (χ4v) is 2.26. The van der Waals surface area contributed by atoms with Gasteiger partial charge in [-0.25, -0.2) is 0 Å². The van der Waals surface area contributed by atoms with Gasteiger partial charge in [-0.05, 0) is 47.1 Å². The van der Waals surface area contributed by atoms with E-state index in [1.165, 1.54) is 6.42 Å². The first kappa shape index (κ1) is 11.7. The summed E-state index contributed by atoms with van der Waals surface area (Å²) in [7, 11) is 1.66. The van der Waals surface area contributed by atoms with Gasteiger partial charge in [-0.3, -0.25) is 0 Å². The van der Waals surface area contributed by atoms with Gasteiger partial charge in [-0.2, -0.15) is 0 Å². The van der Waals surface area contributed by atoms with Crippen molar-refractivity contribution in [1.82, 2.24) is 5.32 Å². The van der Waals surface area contributed by atoms with E-state index in [4.69, 9.17) is 9.47 Å². The molecule has 1 aromatic rings. The van der Waals surface area contributed by atoms with Crippen molar-refractivity contribution in [2.45, 2.75) is 6.42 Å². The molecule has 2 rings (SSSR count). The van der Waals surface area contributed by atoms with Crippen LogP contribution in [0.5, 0.6) is 11.5 Å². The number of ether oxygens (including phenoxy) is 2. The predicted octanol–water partition coefficient (Wildman–Crippen LogP) is 2.45. The molecule has 16 heavy (non-hydrogen) atoms. The van der Waals surface area contributed by atoms with E-state index in [0.29, 0.717) is 5.92 Å². The molecular weight excluding hydrogens is 270 g/mol. The molecule has 0 amide bonds. The molecule has 0 spiro atoms. The van der Waals surface area contributed by atoms with E-state index in [9.17, 15) is 0 Å². The smallest absolute Gasteiger partial charge is 0.133 e. The van der Waals surface area contributed by atoms with Crippen LogP contribution >= 0.6 is 15.9 Å². The van der Waals surface area contributed by atoms with Gasteiger partial charge in [-0.1, -0.05) is 0 Å². The van der Waals surface area contributed by atoms with Crippen LogP contribution in [0, 0.1) is 5.92 Å². The number of benzene rings is 1. The van der Waals surface area contributed by atoms with Crippen LogP contribution in [0.3, 0.4) is 0 Å². The summed E-state index contributed by atoms with van der Waals surface area (Å²) in [5.41, 5.74) is 0. The van der Waals surface area contributed by atoms with Gasteiger partial charge in [0.05, 0.1) is 18.2 Å². The van der Waals surface area contributed by atoms with Crippen molar-refractivity contribution < 1.29 is 9.47 Å². The summed E-state index contributed by atoms with van der Waals surface area (Å²) < 4.78 is 11.9. The molecule has 1 atom stereocenters. The normalized spacial score (nSPS) is 19.8. The van der Waals surface area contributed by atoms with E-state index in [0.717, 1.165) is 35.7 Å². The topological polar surface area (TPSA) is 30.5 Å². The van der Waals surface area contributed by atoms with Gasteiger partial charge < -0.3 is 14.8 Å². The Morgan fingerprint density at radius 1 is 1.50 bits per heavy atom. The quantitative estimate of drug-likeness (QED) is 0.922. The van der Waals surface area contributed by atoms with E-state index >= 15 is 0 Å². The van der Waals surface area contributed by atoms with Crippen molar-refractivity contribution in [2.75, 3.05) is 26.8 Å². The fourth-order valence-electron chi connectivity index (χ4n) is 1.79. The molecule has 1 aromatic carbocycles. The lowest BCUT2D eigenvalue weighted by Gasteiger charge is -2.12. The summed E-state index contributed by atoms with van der Waals surface area (Å²) in [4.78, 5) is 0. The minimum atomic E-state index is 0.633. The highest BCUT2D eigenvalue weighted by Gasteiger charge is 2.15. The van der Waals surface area contributed by atoms with Crippen molar-refractivity contribution in [2.24, 2.45) is 5.92 Å². The second kappa shape index (κ2) is 5.55. The van der Waals surface area contributed by atoms with E-state index in [-0.39, 0.29) is 0 Å². The Hall–Kier alpha value is -0.740. The lowest BCUT2D eigenvalue weighted by molar-refractivity contribution is 0.258. The lowest BCUT2D eigenvalue weighted by atomic mass is 10.1. The predicted molar refractivity (Wildman–Crippen MR) is 67.2 cm³/mol. The first-order valence-corrected chi connectivity index (χ1v) is 6.26. The molecule has 0 radical (unpaired) electrons. The first-order valence-electron chi connectivity index (χ1n) is 5.46. The van der Waals surface area contributed by atoms with Gasteiger partial charge in [0, 0.05) is 12.5 Å². The molecule has 1 aliphatic heterocycles. The lowest BCUT2D eigenvalue weighted by Crippen LogP contribution is -2.15. The number of rotatable bonds is 4. The average molecular weight is 286 g/mol. The first-order chi connectivity index (χ1) is 7.79. The van der Waals surface area contributed by atoms with Crippen LogP contribution in [-0.2, 0) is 0 Å². The van der Waals surface area contributed by atoms with Gasteiger partial charge in [0.15, 0.2) is 0 Å². The number of halogens is 1. The second-order valence-electron chi connectivity index (χ2n) is 3.97. The zero-order valence-corrected chi connectivity index (χ0v) is 10.9. The molecule has 1 heterocycles. The number of hydrogen-bond donors (Lipinski definition) is 1. The number of nitrogens with one attached hydrogen (secondary N) is 1. The monoisotopic (exact) mass is 285 g/mol. The highest BCUT2D eigenvalue weighted by atomic mass is 79.9. The van der Waals surface area contributed by atoms with E-state index in [1.54, 1.807) is 7.11 Å². The molecule has 1 unspecified atom stereocenters. The van der Waals surface area contributed by atoms with Crippen molar-refractivity contribution in [3.05, 3.63) is 22.7 Å². The van der Waals surface area contributed by atoms with Crippen LogP contribution in [0.4, 0.5) is 0 Å². The Kier molecular flexibility index (Phi) is 4.07. The van der Waals surface area contributed by atoms with Crippen LogP contribution in [0.2, 0.25) is 0 Å². The maximum atomic E-state index is 5.78. The molecule has 1 N–H and O–H groups in total.